The monoisotopic (exact) mass is 497 g/mol. The molecule has 0 bridgehead atoms. The largest absolute Gasteiger partial charge is 0.350 e. The van der Waals surface area contributed by atoms with E-state index < -0.39 is 0 Å². The Morgan fingerprint density at radius 3 is 2.53 bits per heavy atom. The Bertz CT molecular complexity index is 787. The van der Waals surface area contributed by atoms with Crippen LogP contribution in [0.2, 0.25) is 0 Å². The second-order valence-electron chi connectivity index (χ2n) is 14.7. The van der Waals surface area contributed by atoms with E-state index in [1.54, 1.807) is 0 Å². The van der Waals surface area contributed by atoms with Gasteiger partial charge in [0.1, 0.15) is 0 Å². The van der Waals surface area contributed by atoms with Gasteiger partial charge < -0.3 is 9.80 Å². The molecule has 1 N–H and O–H groups in total. The van der Waals surface area contributed by atoms with Gasteiger partial charge in [-0.1, -0.05) is 40.2 Å². The van der Waals surface area contributed by atoms with Crippen molar-refractivity contribution < 1.29 is 9.28 Å². The van der Waals surface area contributed by atoms with Crippen molar-refractivity contribution in [3.8, 4) is 0 Å². The van der Waals surface area contributed by atoms with Gasteiger partial charge in [0.2, 0.25) is 5.91 Å². The molecule has 3 heteroatoms. The molecule has 0 aromatic carbocycles. The highest BCUT2D eigenvalue weighted by Gasteiger charge is 2.60. The van der Waals surface area contributed by atoms with Crippen LogP contribution in [0.15, 0.2) is 12.7 Å². The van der Waals surface area contributed by atoms with E-state index in [1.807, 2.05) is 0 Å². The van der Waals surface area contributed by atoms with Crippen LogP contribution in [-0.2, 0) is 4.79 Å². The molecule has 36 heavy (non-hydrogen) atoms. The van der Waals surface area contributed by atoms with Crippen LogP contribution < -0.4 is 5.32 Å². The number of quaternary nitrogens is 1. The normalized spacial score (nSPS) is 42.1. The molecule has 0 aromatic heterocycles. The molecule has 1 heterocycles. The third-order valence-electron chi connectivity index (χ3n) is 13.1. The minimum atomic E-state index is 0.282. The van der Waals surface area contributed by atoms with Crippen LogP contribution in [0.4, 0.5) is 0 Å². The molecule has 0 aromatic rings. The maximum absolute atomic E-state index is 12.8. The Morgan fingerprint density at radius 1 is 0.972 bits per heavy atom. The van der Waals surface area contributed by atoms with E-state index in [1.165, 1.54) is 90.1 Å². The van der Waals surface area contributed by atoms with Gasteiger partial charge in [-0.05, 0) is 110 Å². The lowest BCUT2D eigenvalue weighted by molar-refractivity contribution is -0.910. The SMILES string of the molecule is C=CC[N+]1(CCNC(=O)CC[C@@H](C)[C@H]2CC[C@H]3[C@@H]4CCC5CCCC[C@]5(C)[C@H]4CC[C@]23C)CCCC1. The lowest BCUT2D eigenvalue weighted by atomic mass is 9.44. The minimum absolute atomic E-state index is 0.282. The lowest BCUT2D eigenvalue weighted by Gasteiger charge is -2.61. The first-order valence-corrected chi connectivity index (χ1v) is 16.0. The molecule has 5 fully saturated rings. The van der Waals surface area contributed by atoms with Crippen molar-refractivity contribution in [3.63, 3.8) is 0 Å². The van der Waals surface area contributed by atoms with Crippen LogP contribution in [0.25, 0.3) is 0 Å². The second-order valence-corrected chi connectivity index (χ2v) is 14.7. The smallest absolute Gasteiger partial charge is 0.220 e. The first-order valence-electron chi connectivity index (χ1n) is 16.0. The Labute approximate surface area is 222 Å². The summed E-state index contributed by atoms with van der Waals surface area (Å²) in [5, 5.41) is 3.28. The number of carbonyl (C=O) groups is 1. The van der Waals surface area contributed by atoms with Gasteiger partial charge in [0.05, 0.1) is 32.7 Å². The van der Waals surface area contributed by atoms with Gasteiger partial charge in [-0.3, -0.25) is 4.79 Å². The van der Waals surface area contributed by atoms with Gasteiger partial charge in [0.25, 0.3) is 0 Å². The molecule has 5 aliphatic rings. The quantitative estimate of drug-likeness (QED) is 0.261. The fourth-order valence-corrected chi connectivity index (χ4v) is 11.1. The van der Waals surface area contributed by atoms with E-state index in [0.29, 0.717) is 23.2 Å². The molecule has 4 aliphatic carbocycles. The van der Waals surface area contributed by atoms with Crippen molar-refractivity contribution in [1.29, 1.82) is 0 Å². The van der Waals surface area contributed by atoms with Crippen LogP contribution in [-0.4, -0.2) is 43.1 Å². The molecule has 8 atom stereocenters. The molecule has 204 valence electrons. The minimum Gasteiger partial charge on any atom is -0.350 e. The summed E-state index contributed by atoms with van der Waals surface area (Å²) in [7, 11) is 0. The van der Waals surface area contributed by atoms with E-state index in [9.17, 15) is 4.79 Å². The standard InChI is InChI=1S/C33H56N2O/c1-5-21-35(22-8-9-23-35)24-20-34-31(36)16-11-25(2)28-14-15-29-27-13-12-26-10-6-7-18-32(26,3)30(27)17-19-33(28,29)4/h5,25-30H,1,6-24H2,2-4H3/p+1/t25-,26?,27+,28-,29+,30+,32+,33-/m1/s1. The Hall–Kier alpha value is -0.830. The third kappa shape index (κ3) is 4.85. The van der Waals surface area contributed by atoms with E-state index in [4.69, 9.17) is 0 Å². The molecule has 0 spiro atoms. The lowest BCUT2D eigenvalue weighted by Crippen LogP contribution is -2.53. The Morgan fingerprint density at radius 2 is 1.75 bits per heavy atom. The number of fused-ring (bicyclic) bond motifs is 5. The summed E-state index contributed by atoms with van der Waals surface area (Å²) in [4.78, 5) is 12.8. The molecule has 1 amide bonds. The maximum atomic E-state index is 12.8. The summed E-state index contributed by atoms with van der Waals surface area (Å²) >= 11 is 0. The summed E-state index contributed by atoms with van der Waals surface area (Å²) in [6.07, 6.45) is 21.3. The zero-order valence-electron chi connectivity index (χ0n) is 24.0. The van der Waals surface area contributed by atoms with Gasteiger partial charge >= 0.3 is 0 Å². The molecule has 0 radical (unpaired) electrons. The van der Waals surface area contributed by atoms with Gasteiger partial charge in [0.15, 0.2) is 0 Å². The molecule has 5 rings (SSSR count). The predicted octanol–water partition coefficient (Wildman–Crippen LogP) is 7.36. The molecule has 3 nitrogen and oxygen atoms in total. The fourth-order valence-electron chi connectivity index (χ4n) is 11.1. The van der Waals surface area contributed by atoms with Gasteiger partial charge in [-0.15, -0.1) is 0 Å². The molecule has 4 saturated carbocycles. The van der Waals surface area contributed by atoms with Crippen molar-refractivity contribution in [2.24, 2.45) is 46.3 Å². The number of amides is 1. The van der Waals surface area contributed by atoms with E-state index >= 15 is 0 Å². The zero-order valence-corrected chi connectivity index (χ0v) is 24.0. The van der Waals surface area contributed by atoms with E-state index in [-0.39, 0.29) is 5.91 Å². The van der Waals surface area contributed by atoms with Crippen molar-refractivity contribution in [2.75, 3.05) is 32.7 Å². The zero-order chi connectivity index (χ0) is 25.4. The topological polar surface area (TPSA) is 29.1 Å². The Balaban J connectivity index is 1.12. The Kier molecular flexibility index (Phi) is 7.98. The van der Waals surface area contributed by atoms with Crippen LogP contribution in [0.1, 0.15) is 111 Å². The summed E-state index contributed by atoms with van der Waals surface area (Å²) < 4.78 is 1.13. The van der Waals surface area contributed by atoms with Crippen LogP contribution in [0, 0.1) is 46.3 Å². The van der Waals surface area contributed by atoms with Crippen molar-refractivity contribution in [1.82, 2.24) is 5.32 Å². The van der Waals surface area contributed by atoms with Gasteiger partial charge in [-0.2, -0.15) is 0 Å². The highest BCUT2D eigenvalue weighted by molar-refractivity contribution is 5.75. The molecule has 1 saturated heterocycles. The number of likely N-dealkylation sites (tertiary alicyclic amines) is 1. The molecular weight excluding hydrogens is 440 g/mol. The van der Waals surface area contributed by atoms with Crippen molar-refractivity contribution in [2.45, 2.75) is 111 Å². The predicted molar refractivity (Wildman–Crippen MR) is 150 cm³/mol. The van der Waals surface area contributed by atoms with Gasteiger partial charge in [-0.25, -0.2) is 0 Å². The van der Waals surface area contributed by atoms with E-state index in [2.05, 4.69) is 38.7 Å². The number of rotatable bonds is 9. The third-order valence-corrected chi connectivity index (χ3v) is 13.1. The summed E-state index contributed by atoms with van der Waals surface area (Å²) in [6, 6.07) is 0. The number of hydrogen-bond donors (Lipinski definition) is 1. The van der Waals surface area contributed by atoms with Crippen LogP contribution in [0.5, 0.6) is 0 Å². The first-order chi connectivity index (χ1) is 17.3. The summed E-state index contributed by atoms with van der Waals surface area (Å²) in [6.45, 7) is 17.3. The highest BCUT2D eigenvalue weighted by atomic mass is 16.1. The number of carbonyl (C=O) groups excluding carboxylic acids is 1. The van der Waals surface area contributed by atoms with E-state index in [0.717, 1.165) is 60.1 Å². The van der Waals surface area contributed by atoms with Gasteiger partial charge in [0, 0.05) is 19.3 Å². The first kappa shape index (κ1) is 26.8. The average molecular weight is 498 g/mol. The van der Waals surface area contributed by atoms with Crippen molar-refractivity contribution >= 4 is 5.91 Å². The summed E-state index contributed by atoms with van der Waals surface area (Å²) in [5.41, 5.74) is 1.16. The maximum Gasteiger partial charge on any atom is 0.220 e. The molecule has 1 unspecified atom stereocenters. The second kappa shape index (κ2) is 10.7. The van der Waals surface area contributed by atoms with Crippen LogP contribution >= 0.6 is 0 Å². The number of nitrogens with one attached hydrogen (secondary N) is 1. The number of hydrogen-bond acceptors (Lipinski definition) is 1. The van der Waals surface area contributed by atoms with Crippen molar-refractivity contribution in [3.05, 3.63) is 12.7 Å². The molecular formula is C33H57N2O+. The fraction of sp³-hybridized carbons (Fsp3) is 0.909. The summed E-state index contributed by atoms with van der Waals surface area (Å²) in [5.74, 6) is 5.72. The molecule has 1 aliphatic heterocycles. The number of nitrogens with zero attached hydrogens (tertiary/aromatic N) is 1. The van der Waals surface area contributed by atoms with Crippen LogP contribution in [0.3, 0.4) is 0 Å². The average Bonchev–Trinajstić information content (AvgIpc) is 3.46. The highest BCUT2D eigenvalue weighted by Crippen LogP contribution is 2.68.